The minimum Gasteiger partial charge on any atom is -0.545 e. The summed E-state index contributed by atoms with van der Waals surface area (Å²) in [6, 6.07) is 0. The zero-order chi connectivity index (χ0) is 76.0. The van der Waals surface area contributed by atoms with Gasteiger partial charge in [-0.25, -0.2) is 0 Å². The van der Waals surface area contributed by atoms with E-state index in [-0.39, 0.29) is 38.6 Å². The molecule has 9 nitrogen and oxygen atoms in total. The van der Waals surface area contributed by atoms with Gasteiger partial charge in [-0.15, -0.1) is 0 Å². The fourth-order valence-corrected chi connectivity index (χ4v) is 11.5. The summed E-state index contributed by atoms with van der Waals surface area (Å²) in [6.07, 6.45) is 126. The van der Waals surface area contributed by atoms with Crippen molar-refractivity contribution >= 4 is 17.9 Å². The Morgan fingerprint density at radius 1 is 0.286 bits per heavy atom. The lowest BCUT2D eigenvalue weighted by atomic mass is 10.0. The monoisotopic (exact) mass is 1450 g/mol. The van der Waals surface area contributed by atoms with E-state index in [0.717, 1.165) is 154 Å². The zero-order valence-electron chi connectivity index (χ0n) is 68.0. The number of nitrogens with zero attached hydrogens (tertiary/aromatic N) is 1. The molecule has 2 unspecified atom stereocenters. The number of carbonyl (C=O) groups excluding carboxylic acids is 3. The maximum absolute atomic E-state index is 13.0. The van der Waals surface area contributed by atoms with Crippen LogP contribution in [0.2, 0.25) is 0 Å². The average molecular weight is 1450 g/mol. The van der Waals surface area contributed by atoms with Crippen molar-refractivity contribution in [1.82, 2.24) is 0 Å². The molecular weight excluding hydrogens is 1300 g/mol. The first kappa shape index (κ1) is 99.1. The van der Waals surface area contributed by atoms with Crippen molar-refractivity contribution in [3.8, 4) is 0 Å². The summed E-state index contributed by atoms with van der Waals surface area (Å²) in [4.78, 5) is 37.7. The number of ether oxygens (including phenoxy) is 4. The van der Waals surface area contributed by atoms with Crippen LogP contribution in [0.3, 0.4) is 0 Å². The van der Waals surface area contributed by atoms with Crippen LogP contribution in [0.5, 0.6) is 0 Å². The number of hydrogen-bond donors (Lipinski definition) is 0. The second-order valence-electron chi connectivity index (χ2n) is 29.0. The fraction of sp³-hybridized carbons (Fsp3) is 0.635. The van der Waals surface area contributed by atoms with E-state index in [9.17, 15) is 19.5 Å². The number of unbranched alkanes of at least 4 members (excludes halogenated alkanes) is 30. The second kappa shape index (κ2) is 83.8. The predicted molar refractivity (Wildman–Crippen MR) is 453 cm³/mol. The Kier molecular flexibility index (Phi) is 79.1. The summed E-state index contributed by atoms with van der Waals surface area (Å²) in [6.45, 7) is 4.51. The smallest absolute Gasteiger partial charge is 0.306 e. The number of likely N-dealkylation sites (N-methyl/N-ethyl adjacent to an activating group) is 1. The van der Waals surface area contributed by atoms with Gasteiger partial charge >= 0.3 is 11.9 Å². The summed E-state index contributed by atoms with van der Waals surface area (Å²) in [7, 11) is 5.92. The number of quaternary nitrogens is 1. The molecule has 9 heteroatoms. The first-order chi connectivity index (χ1) is 51.6. The largest absolute Gasteiger partial charge is 0.545 e. The Bertz CT molecular complexity index is 2450. The van der Waals surface area contributed by atoms with Crippen molar-refractivity contribution in [2.75, 3.05) is 47.5 Å². The first-order valence-electron chi connectivity index (χ1n) is 42.6. The molecule has 0 amide bonds. The highest BCUT2D eigenvalue weighted by Crippen LogP contribution is 2.18. The predicted octanol–water partition coefficient (Wildman–Crippen LogP) is 26.7. The molecule has 0 heterocycles. The minimum absolute atomic E-state index is 0.136. The van der Waals surface area contributed by atoms with Gasteiger partial charge in [0.15, 0.2) is 12.4 Å². The highest BCUT2D eigenvalue weighted by molar-refractivity contribution is 5.70. The van der Waals surface area contributed by atoms with E-state index < -0.39 is 24.3 Å². The quantitative estimate of drug-likeness (QED) is 0.0195. The molecular formula is C96H157NO8. The maximum atomic E-state index is 13.0. The lowest BCUT2D eigenvalue weighted by Crippen LogP contribution is -2.44. The molecule has 0 spiro atoms. The van der Waals surface area contributed by atoms with Crippen molar-refractivity contribution in [1.29, 1.82) is 0 Å². The molecule has 0 bridgehead atoms. The van der Waals surface area contributed by atoms with E-state index >= 15 is 0 Å². The Hall–Kier alpha value is -5.87. The second-order valence-corrected chi connectivity index (χ2v) is 29.0. The third kappa shape index (κ3) is 85.3. The van der Waals surface area contributed by atoms with Crippen molar-refractivity contribution < 1.29 is 42.9 Å². The molecule has 0 aliphatic heterocycles. The van der Waals surface area contributed by atoms with Gasteiger partial charge in [0.05, 0.1) is 40.3 Å². The molecule has 0 aromatic rings. The number of carboxylic acids is 1. The highest BCUT2D eigenvalue weighted by atomic mass is 16.7. The number of allylic oxidation sites excluding steroid dienone is 32. The first-order valence-corrected chi connectivity index (χ1v) is 42.6. The Morgan fingerprint density at radius 2 is 0.514 bits per heavy atom. The van der Waals surface area contributed by atoms with Gasteiger partial charge in [0, 0.05) is 12.8 Å². The molecule has 0 saturated heterocycles. The summed E-state index contributed by atoms with van der Waals surface area (Å²) < 4.78 is 22.8. The van der Waals surface area contributed by atoms with Crippen molar-refractivity contribution in [2.24, 2.45) is 0 Å². The number of hydrogen-bond acceptors (Lipinski definition) is 8. The standard InChI is InChI=1S/C96H157NO8/c1-6-8-10-12-14-16-18-20-22-24-26-28-30-32-34-36-38-40-42-44-46-47-49-50-52-54-56-58-60-62-64-66-68-70-72-74-76-78-80-82-84-86-93(98)103-90-92(91-104-96(95(100)101)102-89-88-97(3,4)5)105-94(99)87-85-83-81-79-77-75-73-71-69-67-65-63-61-59-57-55-53-51-48-45-43-41-39-37-35-33-31-29-27-25-23-21-19-17-15-13-11-9-7-2/h8-11,14-17,20-23,26-29,32-35,39,41,45,48,53,55,59,61,65,67,71,73,92,96H,6-7,12-13,18-19,24-25,30-31,36-38,40,42-44,46-47,49-52,54,56-58,60,62-64,66,68-70,72,74-91H2,1-5H3/b10-8-,11-9-,16-14-,17-15-,22-20-,23-21-,28-26-,29-27-,34-32-,35-33-,41-39-,48-45-,55-53-,61-59-,67-65-,73-71-. The van der Waals surface area contributed by atoms with Gasteiger partial charge in [0.25, 0.3) is 0 Å². The topological polar surface area (TPSA) is 111 Å². The van der Waals surface area contributed by atoms with Crippen LogP contribution in [0.25, 0.3) is 0 Å². The molecule has 0 aromatic heterocycles. The van der Waals surface area contributed by atoms with Crippen LogP contribution in [0.4, 0.5) is 0 Å². The molecule has 0 aromatic carbocycles. The van der Waals surface area contributed by atoms with Crippen molar-refractivity contribution in [3.63, 3.8) is 0 Å². The number of carboxylic acid groups (broad SMARTS) is 1. The summed E-state index contributed by atoms with van der Waals surface area (Å²) in [5, 5.41) is 11.9. The van der Waals surface area contributed by atoms with Crippen LogP contribution >= 0.6 is 0 Å². The third-order valence-corrected chi connectivity index (χ3v) is 17.8. The Balaban J connectivity index is 4.07. The van der Waals surface area contributed by atoms with Crippen LogP contribution in [0.1, 0.15) is 335 Å². The summed E-state index contributed by atoms with van der Waals surface area (Å²) in [5.41, 5.74) is 0. The molecule has 0 saturated carbocycles. The van der Waals surface area contributed by atoms with Crippen molar-refractivity contribution in [2.45, 2.75) is 347 Å². The third-order valence-electron chi connectivity index (χ3n) is 17.8. The zero-order valence-corrected chi connectivity index (χ0v) is 68.0. The highest BCUT2D eigenvalue weighted by Gasteiger charge is 2.22. The lowest BCUT2D eigenvalue weighted by molar-refractivity contribution is -0.870. The van der Waals surface area contributed by atoms with E-state index in [1.807, 2.05) is 21.1 Å². The van der Waals surface area contributed by atoms with Gasteiger partial charge in [-0.2, -0.15) is 0 Å². The molecule has 0 N–H and O–H groups in total. The van der Waals surface area contributed by atoms with E-state index in [1.165, 1.54) is 148 Å². The number of carbonyl (C=O) groups is 3. The molecule has 0 radical (unpaired) electrons. The number of aliphatic carboxylic acids is 1. The lowest BCUT2D eigenvalue weighted by Gasteiger charge is -2.26. The molecule has 0 rings (SSSR count). The van der Waals surface area contributed by atoms with Crippen LogP contribution in [0, 0.1) is 0 Å². The molecule has 2 atom stereocenters. The molecule has 0 fully saturated rings. The van der Waals surface area contributed by atoms with E-state index in [0.29, 0.717) is 17.4 Å². The normalized spacial score (nSPS) is 13.6. The maximum Gasteiger partial charge on any atom is 0.306 e. The summed E-state index contributed by atoms with van der Waals surface area (Å²) in [5.74, 6) is -2.31. The fourth-order valence-electron chi connectivity index (χ4n) is 11.5. The Morgan fingerprint density at radius 3 is 0.762 bits per heavy atom. The number of rotatable bonds is 77. The van der Waals surface area contributed by atoms with Gasteiger partial charge in [-0.1, -0.05) is 375 Å². The minimum atomic E-state index is -1.64. The average Bonchev–Trinajstić information content (AvgIpc) is 1.97. The van der Waals surface area contributed by atoms with Crippen LogP contribution < -0.4 is 5.11 Å². The van der Waals surface area contributed by atoms with Crippen molar-refractivity contribution in [3.05, 3.63) is 194 Å². The van der Waals surface area contributed by atoms with E-state index in [2.05, 4.69) is 208 Å². The molecule has 0 aliphatic rings. The Labute approximate surface area is 646 Å². The van der Waals surface area contributed by atoms with Crippen LogP contribution in [-0.4, -0.2) is 82.3 Å². The van der Waals surface area contributed by atoms with Gasteiger partial charge < -0.3 is 33.3 Å². The van der Waals surface area contributed by atoms with Crippen LogP contribution in [-0.2, 0) is 33.3 Å². The molecule has 594 valence electrons. The summed E-state index contributed by atoms with van der Waals surface area (Å²) >= 11 is 0. The SMILES string of the molecule is CC/C=C\C/C=C\C/C=C\C/C=C\C/C=C\C/C=C\C/C=C\C/C=C\C/C=C\C/C=C\C/C=C\CCCCCCCC(=O)OC(COC(=O)CCCCCCCCCCCCCCCCCCCCCCCCCCC/C=C\C/C=C\C/C=C\C/C=C\C/C=C\CC)COC(OCC[N+](C)(C)C)C(=O)[O-]. The van der Waals surface area contributed by atoms with E-state index in [1.54, 1.807) is 0 Å². The molecule has 0 aliphatic carbocycles. The number of esters is 2. The van der Waals surface area contributed by atoms with Gasteiger partial charge in [0.2, 0.25) is 0 Å². The van der Waals surface area contributed by atoms with Gasteiger partial charge in [0.1, 0.15) is 13.2 Å². The van der Waals surface area contributed by atoms with Gasteiger partial charge in [-0.3, -0.25) is 9.59 Å². The van der Waals surface area contributed by atoms with Crippen LogP contribution in [0.15, 0.2) is 194 Å². The molecule has 105 heavy (non-hydrogen) atoms. The van der Waals surface area contributed by atoms with Gasteiger partial charge in [-0.05, 0) is 141 Å². The van der Waals surface area contributed by atoms with E-state index in [4.69, 9.17) is 18.9 Å².